The van der Waals surface area contributed by atoms with E-state index in [0.717, 1.165) is 16.7 Å². The monoisotopic (exact) mass is 262 g/mol. The Morgan fingerprint density at radius 3 is 2.72 bits per heavy atom. The largest absolute Gasteiger partial charge is 0.476 e. The molecule has 4 nitrogen and oxygen atoms in total. The van der Waals surface area contributed by atoms with Gasteiger partial charge >= 0.3 is 5.97 Å². The Morgan fingerprint density at radius 1 is 1.39 bits per heavy atom. The number of carboxylic acid groups (broad SMARTS) is 1. The standard InChI is InChI=1S/C13H14N2O2S/c1-7-4-5-8(2)9(6-7)11-10(12(16)17)15-13(14-3)18-11/h4-6H,1-3H3,(H,14,15)(H,16,17). The number of aromatic carboxylic acids is 1. The highest BCUT2D eigenvalue weighted by atomic mass is 32.1. The van der Waals surface area contributed by atoms with Gasteiger partial charge in [-0.05, 0) is 25.0 Å². The van der Waals surface area contributed by atoms with E-state index in [0.29, 0.717) is 10.0 Å². The second kappa shape index (κ2) is 4.78. The Hall–Kier alpha value is -1.88. The van der Waals surface area contributed by atoms with Crippen LogP contribution in [-0.2, 0) is 0 Å². The van der Waals surface area contributed by atoms with E-state index in [1.54, 1.807) is 7.05 Å². The van der Waals surface area contributed by atoms with Gasteiger partial charge in [0.2, 0.25) is 0 Å². The summed E-state index contributed by atoms with van der Waals surface area (Å²) in [7, 11) is 1.73. The van der Waals surface area contributed by atoms with Crippen LogP contribution < -0.4 is 5.32 Å². The molecule has 1 aromatic carbocycles. The van der Waals surface area contributed by atoms with Gasteiger partial charge in [-0.3, -0.25) is 0 Å². The highest BCUT2D eigenvalue weighted by molar-refractivity contribution is 7.19. The van der Waals surface area contributed by atoms with Gasteiger partial charge in [-0.1, -0.05) is 35.1 Å². The van der Waals surface area contributed by atoms with Crippen LogP contribution in [0.15, 0.2) is 18.2 Å². The second-order valence-electron chi connectivity index (χ2n) is 4.07. The van der Waals surface area contributed by atoms with Gasteiger partial charge in [0.05, 0.1) is 4.88 Å². The molecule has 5 heteroatoms. The molecule has 0 spiro atoms. The maximum Gasteiger partial charge on any atom is 0.356 e. The summed E-state index contributed by atoms with van der Waals surface area (Å²) in [4.78, 5) is 16.0. The van der Waals surface area contributed by atoms with E-state index in [1.807, 2.05) is 32.0 Å². The Morgan fingerprint density at radius 2 is 2.11 bits per heavy atom. The molecule has 0 amide bonds. The first-order valence-corrected chi connectivity index (χ1v) is 6.34. The van der Waals surface area contributed by atoms with Gasteiger partial charge in [-0.2, -0.15) is 0 Å². The predicted octanol–water partition coefficient (Wildman–Crippen LogP) is 3.17. The van der Waals surface area contributed by atoms with Crippen molar-refractivity contribution in [2.45, 2.75) is 13.8 Å². The Bertz CT molecular complexity index is 605. The van der Waals surface area contributed by atoms with E-state index in [1.165, 1.54) is 11.3 Å². The third-order valence-corrected chi connectivity index (χ3v) is 3.79. The zero-order chi connectivity index (χ0) is 13.3. The first-order chi connectivity index (χ1) is 8.52. The molecule has 0 bridgehead atoms. The van der Waals surface area contributed by atoms with Crippen LogP contribution in [0.5, 0.6) is 0 Å². The van der Waals surface area contributed by atoms with E-state index >= 15 is 0 Å². The van der Waals surface area contributed by atoms with Crippen LogP contribution in [0.1, 0.15) is 21.6 Å². The normalized spacial score (nSPS) is 10.4. The van der Waals surface area contributed by atoms with Crippen LogP contribution in [-0.4, -0.2) is 23.1 Å². The molecular weight excluding hydrogens is 248 g/mol. The minimum atomic E-state index is -0.997. The topological polar surface area (TPSA) is 62.2 Å². The fourth-order valence-electron chi connectivity index (χ4n) is 1.74. The van der Waals surface area contributed by atoms with Crippen LogP contribution >= 0.6 is 11.3 Å². The Balaban J connectivity index is 2.65. The van der Waals surface area contributed by atoms with Crippen LogP contribution in [0.4, 0.5) is 5.13 Å². The molecule has 0 unspecified atom stereocenters. The van der Waals surface area contributed by atoms with E-state index in [4.69, 9.17) is 0 Å². The van der Waals surface area contributed by atoms with Crippen molar-refractivity contribution in [2.24, 2.45) is 0 Å². The lowest BCUT2D eigenvalue weighted by Gasteiger charge is -2.05. The predicted molar refractivity (Wildman–Crippen MR) is 73.5 cm³/mol. The molecule has 0 aliphatic heterocycles. The molecule has 94 valence electrons. The van der Waals surface area contributed by atoms with Crippen LogP contribution in [0.3, 0.4) is 0 Å². The van der Waals surface area contributed by atoms with Crippen molar-refractivity contribution >= 4 is 22.4 Å². The maximum atomic E-state index is 11.2. The van der Waals surface area contributed by atoms with E-state index in [9.17, 15) is 9.90 Å². The van der Waals surface area contributed by atoms with Gasteiger partial charge in [-0.25, -0.2) is 9.78 Å². The molecule has 2 rings (SSSR count). The molecule has 1 aromatic heterocycles. The van der Waals surface area contributed by atoms with E-state index in [-0.39, 0.29) is 5.69 Å². The first kappa shape index (κ1) is 12.6. The lowest BCUT2D eigenvalue weighted by atomic mass is 10.0. The molecule has 0 aliphatic carbocycles. The number of nitrogens with one attached hydrogen (secondary N) is 1. The summed E-state index contributed by atoms with van der Waals surface area (Å²) >= 11 is 1.36. The Kier molecular flexibility index (Phi) is 3.34. The van der Waals surface area contributed by atoms with Gasteiger partial charge in [-0.15, -0.1) is 0 Å². The summed E-state index contributed by atoms with van der Waals surface area (Å²) in [6.45, 7) is 3.96. The van der Waals surface area contributed by atoms with Crippen molar-refractivity contribution in [1.29, 1.82) is 0 Å². The smallest absolute Gasteiger partial charge is 0.356 e. The van der Waals surface area contributed by atoms with Gasteiger partial charge in [0, 0.05) is 7.05 Å². The summed E-state index contributed by atoms with van der Waals surface area (Å²) in [5.74, 6) is -0.997. The number of benzene rings is 1. The van der Waals surface area contributed by atoms with Crippen LogP contribution in [0.2, 0.25) is 0 Å². The molecule has 0 aliphatic rings. The first-order valence-electron chi connectivity index (χ1n) is 5.52. The molecule has 18 heavy (non-hydrogen) atoms. The minimum Gasteiger partial charge on any atom is -0.476 e. The van der Waals surface area contributed by atoms with Crippen LogP contribution in [0.25, 0.3) is 10.4 Å². The summed E-state index contributed by atoms with van der Waals surface area (Å²) in [6, 6.07) is 6.00. The molecule has 2 N–H and O–H groups in total. The van der Waals surface area contributed by atoms with Crippen molar-refractivity contribution in [3.05, 3.63) is 35.0 Å². The van der Waals surface area contributed by atoms with Crippen molar-refractivity contribution in [1.82, 2.24) is 4.98 Å². The average molecular weight is 262 g/mol. The van der Waals surface area contributed by atoms with Gasteiger partial charge < -0.3 is 10.4 Å². The summed E-state index contributed by atoms with van der Waals surface area (Å²) < 4.78 is 0. The van der Waals surface area contributed by atoms with Gasteiger partial charge in [0.15, 0.2) is 10.8 Å². The maximum absolute atomic E-state index is 11.2. The van der Waals surface area contributed by atoms with E-state index in [2.05, 4.69) is 10.3 Å². The number of hydrogen-bond acceptors (Lipinski definition) is 4. The molecule has 0 atom stereocenters. The van der Waals surface area contributed by atoms with Crippen molar-refractivity contribution in [2.75, 3.05) is 12.4 Å². The molecule has 0 radical (unpaired) electrons. The molecular formula is C13H14N2O2S. The fraction of sp³-hybridized carbons (Fsp3) is 0.231. The molecule has 0 saturated heterocycles. The number of hydrogen-bond donors (Lipinski definition) is 2. The highest BCUT2D eigenvalue weighted by Gasteiger charge is 2.19. The minimum absolute atomic E-state index is 0.109. The zero-order valence-corrected chi connectivity index (χ0v) is 11.3. The molecule has 2 aromatic rings. The number of carboxylic acids is 1. The third kappa shape index (κ3) is 2.22. The second-order valence-corrected chi connectivity index (χ2v) is 5.07. The number of aromatic nitrogens is 1. The molecule has 1 heterocycles. The van der Waals surface area contributed by atoms with Crippen molar-refractivity contribution in [3.63, 3.8) is 0 Å². The van der Waals surface area contributed by atoms with Crippen molar-refractivity contribution in [3.8, 4) is 10.4 Å². The molecule has 0 fully saturated rings. The quantitative estimate of drug-likeness (QED) is 0.892. The zero-order valence-electron chi connectivity index (χ0n) is 10.4. The highest BCUT2D eigenvalue weighted by Crippen LogP contribution is 2.35. The summed E-state index contributed by atoms with van der Waals surface area (Å²) in [5, 5.41) is 12.7. The Labute approximate surface area is 109 Å². The van der Waals surface area contributed by atoms with E-state index < -0.39 is 5.97 Å². The van der Waals surface area contributed by atoms with Crippen molar-refractivity contribution < 1.29 is 9.90 Å². The number of nitrogens with zero attached hydrogens (tertiary/aromatic N) is 1. The summed E-state index contributed by atoms with van der Waals surface area (Å²) in [6.07, 6.45) is 0. The van der Waals surface area contributed by atoms with Gasteiger partial charge in [0.1, 0.15) is 0 Å². The SMILES string of the molecule is CNc1nc(C(=O)O)c(-c2cc(C)ccc2C)s1. The molecule has 0 saturated carbocycles. The number of carbonyl (C=O) groups is 1. The average Bonchev–Trinajstić information content (AvgIpc) is 2.76. The fourth-order valence-corrected chi connectivity index (χ4v) is 2.73. The van der Waals surface area contributed by atoms with Crippen LogP contribution in [0, 0.1) is 13.8 Å². The van der Waals surface area contributed by atoms with Gasteiger partial charge in [0.25, 0.3) is 0 Å². The number of anilines is 1. The lowest BCUT2D eigenvalue weighted by molar-refractivity contribution is 0.0692. The third-order valence-electron chi connectivity index (χ3n) is 2.68. The number of rotatable bonds is 3. The number of thiazole rings is 1. The number of aryl methyl sites for hydroxylation is 2. The lowest BCUT2D eigenvalue weighted by Crippen LogP contribution is -2.00. The summed E-state index contributed by atoms with van der Waals surface area (Å²) in [5.41, 5.74) is 3.20.